The van der Waals surface area contributed by atoms with Crippen LogP contribution in [0.2, 0.25) is 0 Å². The zero-order chi connectivity index (χ0) is 10.6. The number of rotatable bonds is 4. The van der Waals surface area contributed by atoms with E-state index in [0.29, 0.717) is 0 Å². The van der Waals surface area contributed by atoms with Crippen LogP contribution in [0, 0.1) is 0 Å². The second-order valence-corrected chi connectivity index (χ2v) is 3.41. The first-order valence-corrected chi connectivity index (χ1v) is 4.89. The number of Topliss-reactive ketones (excluding diaryl/α,β-unsaturated/α-hetero) is 1. The highest BCUT2D eigenvalue weighted by Crippen LogP contribution is 2.00. The lowest BCUT2D eigenvalue weighted by atomic mass is 10.2. The molecular formula is C8H10N2O3S. The predicted molar refractivity (Wildman–Crippen MR) is 51.1 cm³/mol. The molecule has 1 aromatic rings. The van der Waals surface area contributed by atoms with Crippen molar-refractivity contribution < 1.29 is 14.7 Å². The van der Waals surface area contributed by atoms with E-state index in [-0.39, 0.29) is 11.5 Å². The highest BCUT2D eigenvalue weighted by molar-refractivity contribution is 7.07. The highest BCUT2D eigenvalue weighted by atomic mass is 32.1. The topological polar surface area (TPSA) is 79.3 Å². The molecule has 0 spiro atoms. The molecule has 1 atom stereocenters. The molecule has 0 fully saturated rings. The lowest BCUT2D eigenvalue weighted by molar-refractivity contribution is -0.119. The molecule has 1 amide bonds. The van der Waals surface area contributed by atoms with Gasteiger partial charge in [0.15, 0.2) is 5.78 Å². The van der Waals surface area contributed by atoms with Crippen LogP contribution in [0.5, 0.6) is 0 Å². The Morgan fingerprint density at radius 2 is 2.43 bits per heavy atom. The molecule has 1 aromatic heterocycles. The maximum absolute atomic E-state index is 11.3. The van der Waals surface area contributed by atoms with Crippen LogP contribution in [0.3, 0.4) is 0 Å². The van der Waals surface area contributed by atoms with Crippen LogP contribution in [0.25, 0.3) is 0 Å². The van der Waals surface area contributed by atoms with E-state index in [1.807, 2.05) is 0 Å². The van der Waals surface area contributed by atoms with Crippen LogP contribution in [-0.2, 0) is 4.79 Å². The number of nitrogens with one attached hydrogen (secondary N) is 1. The molecular weight excluding hydrogens is 204 g/mol. The predicted octanol–water partition coefficient (Wildman–Crippen LogP) is -0.177. The minimum absolute atomic E-state index is 0.259. The van der Waals surface area contributed by atoms with E-state index in [2.05, 4.69) is 10.3 Å². The molecule has 0 aliphatic heterocycles. The van der Waals surface area contributed by atoms with Crippen molar-refractivity contribution in [1.29, 1.82) is 0 Å². The van der Waals surface area contributed by atoms with Crippen molar-refractivity contribution in [2.75, 3.05) is 6.61 Å². The smallest absolute Gasteiger partial charge is 0.271 e. The van der Waals surface area contributed by atoms with Crippen molar-refractivity contribution in [2.45, 2.75) is 13.0 Å². The number of amides is 1. The van der Waals surface area contributed by atoms with Crippen molar-refractivity contribution >= 4 is 23.0 Å². The molecule has 0 aliphatic rings. The fraction of sp³-hybridized carbons (Fsp3) is 0.375. The van der Waals surface area contributed by atoms with Gasteiger partial charge in [0.05, 0.1) is 12.1 Å². The van der Waals surface area contributed by atoms with Crippen molar-refractivity contribution in [3.63, 3.8) is 0 Å². The molecule has 1 heterocycles. The summed E-state index contributed by atoms with van der Waals surface area (Å²) in [7, 11) is 0. The molecule has 2 N–H and O–H groups in total. The third-order valence-corrected chi connectivity index (χ3v) is 2.23. The van der Waals surface area contributed by atoms with Crippen molar-refractivity contribution in [3.05, 3.63) is 16.6 Å². The van der Waals surface area contributed by atoms with Crippen molar-refractivity contribution in [2.24, 2.45) is 0 Å². The molecule has 0 aliphatic carbocycles. The Balaban J connectivity index is 2.60. The van der Waals surface area contributed by atoms with E-state index in [1.54, 1.807) is 5.38 Å². The van der Waals surface area contributed by atoms with Gasteiger partial charge in [0.1, 0.15) is 11.7 Å². The van der Waals surface area contributed by atoms with Gasteiger partial charge in [-0.3, -0.25) is 9.59 Å². The van der Waals surface area contributed by atoms with Gasteiger partial charge in [-0.1, -0.05) is 0 Å². The second-order valence-electron chi connectivity index (χ2n) is 2.69. The molecule has 0 aromatic carbocycles. The summed E-state index contributed by atoms with van der Waals surface area (Å²) in [5.74, 6) is -0.725. The second kappa shape index (κ2) is 4.83. The number of carbonyl (C=O) groups excluding carboxylic acids is 2. The summed E-state index contributed by atoms with van der Waals surface area (Å²) in [5, 5.41) is 12.7. The normalized spacial score (nSPS) is 12.1. The number of aliphatic hydroxyl groups excluding tert-OH is 1. The average Bonchev–Trinajstić information content (AvgIpc) is 2.65. The van der Waals surface area contributed by atoms with Gasteiger partial charge in [0, 0.05) is 5.38 Å². The van der Waals surface area contributed by atoms with Gasteiger partial charge < -0.3 is 10.4 Å². The third-order valence-electron chi connectivity index (χ3n) is 1.64. The minimum Gasteiger partial charge on any atom is -0.394 e. The fourth-order valence-corrected chi connectivity index (χ4v) is 1.36. The number of nitrogens with zero attached hydrogens (tertiary/aromatic N) is 1. The Labute approximate surface area is 84.8 Å². The number of thiazole rings is 1. The Hall–Kier alpha value is -1.27. The number of hydrogen-bond acceptors (Lipinski definition) is 5. The van der Waals surface area contributed by atoms with Crippen molar-refractivity contribution in [3.8, 4) is 0 Å². The molecule has 1 rings (SSSR count). The maximum atomic E-state index is 11.3. The van der Waals surface area contributed by atoms with Crippen LogP contribution < -0.4 is 5.32 Å². The lowest BCUT2D eigenvalue weighted by Gasteiger charge is -2.11. The molecule has 0 saturated heterocycles. The van der Waals surface area contributed by atoms with Gasteiger partial charge in [0.25, 0.3) is 5.91 Å². The van der Waals surface area contributed by atoms with E-state index in [0.717, 1.165) is 0 Å². The molecule has 76 valence electrons. The van der Waals surface area contributed by atoms with E-state index < -0.39 is 18.6 Å². The molecule has 6 heteroatoms. The van der Waals surface area contributed by atoms with E-state index in [1.165, 1.54) is 23.8 Å². The van der Waals surface area contributed by atoms with Crippen LogP contribution >= 0.6 is 11.3 Å². The van der Waals surface area contributed by atoms with Crippen LogP contribution in [-0.4, -0.2) is 34.4 Å². The Morgan fingerprint density at radius 3 is 2.86 bits per heavy atom. The van der Waals surface area contributed by atoms with Gasteiger partial charge in [-0.2, -0.15) is 0 Å². The van der Waals surface area contributed by atoms with Gasteiger partial charge in [-0.15, -0.1) is 11.3 Å². The first kappa shape index (κ1) is 10.8. The summed E-state index contributed by atoms with van der Waals surface area (Å²) in [5.41, 5.74) is 1.78. The highest BCUT2D eigenvalue weighted by Gasteiger charge is 2.17. The van der Waals surface area contributed by atoms with Gasteiger partial charge in [0.2, 0.25) is 0 Å². The summed E-state index contributed by atoms with van der Waals surface area (Å²) in [4.78, 5) is 26.0. The Bertz CT molecular complexity index is 323. The lowest BCUT2D eigenvalue weighted by Crippen LogP contribution is -2.42. The molecule has 0 radical (unpaired) electrons. The number of hydrogen-bond donors (Lipinski definition) is 2. The number of aromatic nitrogens is 1. The molecule has 5 nitrogen and oxygen atoms in total. The largest absolute Gasteiger partial charge is 0.394 e. The molecule has 0 bridgehead atoms. The summed E-state index contributed by atoms with van der Waals surface area (Å²) < 4.78 is 0. The zero-order valence-electron chi connectivity index (χ0n) is 7.56. The quantitative estimate of drug-likeness (QED) is 0.729. The van der Waals surface area contributed by atoms with Crippen molar-refractivity contribution in [1.82, 2.24) is 10.3 Å². The van der Waals surface area contributed by atoms with Gasteiger partial charge in [-0.05, 0) is 6.92 Å². The minimum atomic E-state index is -0.843. The number of carbonyl (C=O) groups is 2. The third kappa shape index (κ3) is 2.61. The summed E-state index contributed by atoms with van der Waals surface area (Å²) in [6.07, 6.45) is 0. The molecule has 0 saturated carbocycles. The van der Waals surface area contributed by atoms with Crippen LogP contribution in [0.1, 0.15) is 17.4 Å². The van der Waals surface area contributed by atoms with E-state index in [9.17, 15) is 9.59 Å². The fourth-order valence-electron chi connectivity index (χ4n) is 0.833. The summed E-state index contributed by atoms with van der Waals surface area (Å²) >= 11 is 1.29. The van der Waals surface area contributed by atoms with Crippen LogP contribution in [0.15, 0.2) is 10.9 Å². The zero-order valence-corrected chi connectivity index (χ0v) is 8.37. The van der Waals surface area contributed by atoms with Gasteiger partial charge >= 0.3 is 0 Å². The first-order valence-electron chi connectivity index (χ1n) is 3.95. The van der Waals surface area contributed by atoms with E-state index in [4.69, 9.17) is 5.11 Å². The van der Waals surface area contributed by atoms with Gasteiger partial charge in [-0.25, -0.2) is 4.98 Å². The number of ketones is 1. The standard InChI is InChI=1S/C8H10N2O3S/c1-5(12)6(2-11)10-8(13)7-3-14-4-9-7/h3-4,6,11H,2H2,1H3,(H,10,13). The Kier molecular flexibility index (Phi) is 3.73. The Morgan fingerprint density at radius 1 is 1.71 bits per heavy atom. The molecule has 14 heavy (non-hydrogen) atoms. The maximum Gasteiger partial charge on any atom is 0.271 e. The first-order chi connectivity index (χ1) is 6.65. The SMILES string of the molecule is CC(=O)C(CO)NC(=O)c1cscn1. The van der Waals surface area contributed by atoms with Crippen LogP contribution in [0.4, 0.5) is 0 Å². The number of aliphatic hydroxyl groups is 1. The monoisotopic (exact) mass is 214 g/mol. The summed E-state index contributed by atoms with van der Waals surface area (Å²) in [6, 6.07) is -0.843. The average molecular weight is 214 g/mol. The summed E-state index contributed by atoms with van der Waals surface area (Å²) in [6.45, 7) is 0.910. The van der Waals surface area contributed by atoms with E-state index >= 15 is 0 Å². The molecule has 1 unspecified atom stereocenters.